The summed E-state index contributed by atoms with van der Waals surface area (Å²) in [5, 5.41) is 0. The van der Waals surface area contributed by atoms with Crippen LogP contribution in [0.1, 0.15) is 11.1 Å². The summed E-state index contributed by atoms with van der Waals surface area (Å²) >= 11 is 0. The van der Waals surface area contributed by atoms with Crippen LogP contribution in [0.3, 0.4) is 0 Å². The fourth-order valence-electron chi connectivity index (χ4n) is 2.15. The van der Waals surface area contributed by atoms with Gasteiger partial charge in [0.05, 0.1) is 55.4 Å². The number of hydrogen-bond acceptors (Lipinski definition) is 0. The molecular weight excluding hydrogens is 300 g/mol. The van der Waals surface area contributed by atoms with Crippen LogP contribution < -0.4 is 0 Å². The first-order valence-corrected chi connectivity index (χ1v) is 7.18. The fourth-order valence-corrected chi connectivity index (χ4v) is 2.15. The normalized spacial score (nSPS) is 11.3. The van der Waals surface area contributed by atoms with Crippen LogP contribution in [0.4, 0.5) is 0 Å². The van der Waals surface area contributed by atoms with Gasteiger partial charge in [-0.15, -0.1) is 5.56 Å². The van der Waals surface area contributed by atoms with Crippen LogP contribution in [-0.2, 0) is 30.2 Å². The summed E-state index contributed by atoms with van der Waals surface area (Å²) in [6.07, 6.45) is 0. The zero-order valence-electron chi connectivity index (χ0n) is 14.3. The van der Waals surface area contributed by atoms with E-state index in [9.17, 15) is 0 Å². The van der Waals surface area contributed by atoms with E-state index in [-0.39, 0.29) is 17.1 Å². The third kappa shape index (κ3) is 9.65. The zero-order valence-corrected chi connectivity index (χ0v) is 15.4. The van der Waals surface area contributed by atoms with E-state index in [4.69, 9.17) is 0 Å². The Morgan fingerprint density at radius 2 is 1.33 bits per heavy atom. The van der Waals surface area contributed by atoms with Crippen molar-refractivity contribution < 1.29 is 26.0 Å². The Labute approximate surface area is 141 Å². The van der Waals surface area contributed by atoms with Gasteiger partial charge in [0, 0.05) is 17.1 Å². The van der Waals surface area contributed by atoms with Crippen molar-refractivity contribution in [3.63, 3.8) is 0 Å². The van der Waals surface area contributed by atoms with Gasteiger partial charge >= 0.3 is 0 Å². The topological polar surface area (TPSA) is 0 Å². The zero-order chi connectivity index (χ0) is 15.2. The molecule has 0 saturated heterocycles. The van der Waals surface area contributed by atoms with E-state index in [1.807, 2.05) is 30.3 Å². The van der Waals surface area contributed by atoms with Gasteiger partial charge < -0.3 is 39.3 Å². The van der Waals surface area contributed by atoms with Gasteiger partial charge in [0.25, 0.3) is 0 Å². The first-order valence-electron chi connectivity index (χ1n) is 7.18. The van der Waals surface area contributed by atoms with Crippen LogP contribution in [0.15, 0.2) is 48.5 Å². The smallest absolute Gasteiger partial charge is 0.0810 e. The van der Waals surface area contributed by atoms with E-state index in [0.717, 1.165) is 22.1 Å². The Morgan fingerprint density at radius 3 is 1.71 bits per heavy atom. The molecule has 0 heterocycles. The number of nitrogens with zero attached hydrogens (tertiary/aromatic N) is 2. The average Bonchev–Trinajstić information content (AvgIpc) is 2.89. The van der Waals surface area contributed by atoms with E-state index in [2.05, 4.69) is 60.5 Å². The van der Waals surface area contributed by atoms with E-state index in [0.29, 0.717) is 0 Å². The summed E-state index contributed by atoms with van der Waals surface area (Å²) < 4.78 is 1.99. The van der Waals surface area contributed by atoms with Gasteiger partial charge in [0.15, 0.2) is 0 Å². The van der Waals surface area contributed by atoms with Gasteiger partial charge in [-0.25, -0.2) is 12.1 Å². The molecule has 0 atom stereocenters. The summed E-state index contributed by atoms with van der Waals surface area (Å²) in [4.78, 5) is 0. The summed E-state index contributed by atoms with van der Waals surface area (Å²) in [5.41, 5.74) is 2.99. The Morgan fingerprint density at radius 1 is 0.857 bits per heavy atom. The molecule has 2 aromatic carbocycles. The maximum Gasteiger partial charge on any atom is 0.0810 e. The van der Waals surface area contributed by atoms with Crippen LogP contribution in [0, 0.1) is 0 Å². The Balaban J connectivity index is 0.000000562. The second kappa shape index (κ2) is 8.55. The van der Waals surface area contributed by atoms with Crippen molar-refractivity contribution in [2.24, 2.45) is 0 Å². The molecule has 0 aliphatic carbocycles. The van der Waals surface area contributed by atoms with Crippen molar-refractivity contribution in [3.05, 3.63) is 59.7 Å². The molecule has 0 aliphatic heterocycles. The monoisotopic (exact) mass is 330 g/mol. The quantitative estimate of drug-likeness (QED) is 0.459. The summed E-state index contributed by atoms with van der Waals surface area (Å²) in [6, 6.07) is 16.7. The molecule has 0 radical (unpaired) electrons. The summed E-state index contributed by atoms with van der Waals surface area (Å²) in [7, 11) is 13.4. The third-order valence-corrected chi connectivity index (χ3v) is 2.85. The molecule has 0 N–H and O–H groups in total. The second-order valence-corrected chi connectivity index (χ2v) is 7.44. The SMILES string of the molecule is C[N+](C)(C)Cc1ccc[c-]1C[N+](C)(C)C.[Fe].[cH-]1[cH-][cH-][cH-][cH-]1. The first kappa shape index (κ1) is 20.1. The van der Waals surface area contributed by atoms with Gasteiger partial charge in [-0.05, 0) is 0 Å². The van der Waals surface area contributed by atoms with Crippen molar-refractivity contribution >= 4 is 0 Å². The first-order chi connectivity index (χ1) is 9.17. The maximum atomic E-state index is 2.26. The molecular formula is C18H30FeN2-4. The third-order valence-electron chi connectivity index (χ3n) is 2.85. The molecule has 0 aromatic heterocycles. The molecule has 124 valence electrons. The summed E-state index contributed by atoms with van der Waals surface area (Å²) in [5.74, 6) is 0. The van der Waals surface area contributed by atoms with Crippen LogP contribution in [0.25, 0.3) is 0 Å². The predicted octanol–water partition coefficient (Wildman–Crippen LogP) is 3.22. The molecule has 2 rings (SSSR count). The number of quaternary nitrogens is 2. The molecule has 0 amide bonds. The maximum absolute atomic E-state index is 2.26. The van der Waals surface area contributed by atoms with Gasteiger partial charge in [0.1, 0.15) is 0 Å². The molecule has 2 aromatic rings. The van der Waals surface area contributed by atoms with Crippen LogP contribution in [0.5, 0.6) is 0 Å². The molecule has 0 saturated carbocycles. The number of hydrogen-bond donors (Lipinski definition) is 0. The second-order valence-electron chi connectivity index (χ2n) is 7.44. The van der Waals surface area contributed by atoms with E-state index < -0.39 is 0 Å². The molecule has 21 heavy (non-hydrogen) atoms. The minimum Gasteiger partial charge on any atom is -0.748 e. The molecule has 3 heteroatoms. The van der Waals surface area contributed by atoms with Crippen molar-refractivity contribution in [2.75, 3.05) is 42.3 Å². The average molecular weight is 330 g/mol. The predicted molar refractivity (Wildman–Crippen MR) is 87.5 cm³/mol. The molecule has 0 fully saturated rings. The van der Waals surface area contributed by atoms with Crippen molar-refractivity contribution in [3.8, 4) is 0 Å². The van der Waals surface area contributed by atoms with Gasteiger partial charge in [-0.1, -0.05) is 5.56 Å². The van der Waals surface area contributed by atoms with Crippen molar-refractivity contribution in [1.82, 2.24) is 0 Å². The van der Waals surface area contributed by atoms with Gasteiger partial charge in [0.2, 0.25) is 0 Å². The molecule has 0 bridgehead atoms. The Hall–Kier alpha value is -0.861. The minimum absolute atomic E-state index is 0. The van der Waals surface area contributed by atoms with E-state index in [1.54, 1.807) is 0 Å². The standard InChI is InChI=1S/C13H25N2.C5H5.Fe/c1-14(2,3)10-12-8-7-9-13(12)11-15(4,5)6;1-2-4-5-3-1;/h7-9H,10-11H2,1-6H3;1-5H;/q+1;-5;. The van der Waals surface area contributed by atoms with Gasteiger partial charge in [-0.3, -0.25) is 0 Å². The van der Waals surface area contributed by atoms with Crippen molar-refractivity contribution in [1.29, 1.82) is 0 Å². The van der Waals surface area contributed by atoms with E-state index >= 15 is 0 Å². The largest absolute Gasteiger partial charge is 0.748 e. The molecule has 0 unspecified atom stereocenters. The minimum atomic E-state index is 0. The molecule has 0 spiro atoms. The summed E-state index contributed by atoms with van der Waals surface area (Å²) in [6.45, 7) is 2.23. The van der Waals surface area contributed by atoms with Crippen LogP contribution in [-0.4, -0.2) is 51.3 Å². The Kier molecular flexibility index (Phi) is 8.20. The van der Waals surface area contributed by atoms with E-state index in [1.165, 1.54) is 11.1 Å². The van der Waals surface area contributed by atoms with Crippen LogP contribution >= 0.6 is 0 Å². The fraction of sp³-hybridized carbons (Fsp3) is 0.444. The number of rotatable bonds is 4. The molecule has 0 aliphatic rings. The van der Waals surface area contributed by atoms with Gasteiger partial charge in [-0.2, -0.15) is 6.07 Å². The van der Waals surface area contributed by atoms with Crippen LogP contribution in [0.2, 0.25) is 0 Å². The van der Waals surface area contributed by atoms with Crippen molar-refractivity contribution in [2.45, 2.75) is 13.1 Å². The molecule has 2 nitrogen and oxygen atoms in total. The Bertz CT molecular complexity index is 422.